The van der Waals surface area contributed by atoms with Crippen molar-refractivity contribution in [2.24, 2.45) is 5.73 Å². The highest BCUT2D eigenvalue weighted by atomic mass is 16.5. The van der Waals surface area contributed by atoms with Crippen molar-refractivity contribution in [3.63, 3.8) is 0 Å². The first kappa shape index (κ1) is 5.06. The number of nitrogens with two attached hydrogens (primary N) is 1. The highest BCUT2D eigenvalue weighted by Gasteiger charge is 2.15. The summed E-state index contributed by atoms with van der Waals surface area (Å²) in [6.07, 6.45) is 3.53. The lowest BCUT2D eigenvalue weighted by Crippen LogP contribution is -2.29. The van der Waals surface area contributed by atoms with Gasteiger partial charge in [-0.3, -0.25) is 0 Å². The fourth-order valence-corrected chi connectivity index (χ4v) is 0.592. The van der Waals surface area contributed by atoms with Crippen LogP contribution in [0.4, 0.5) is 0 Å². The number of hydrogen-bond acceptors (Lipinski definition) is 2. The molecule has 0 aliphatic carbocycles. The molecule has 0 bridgehead atoms. The highest BCUT2D eigenvalue weighted by Crippen LogP contribution is 2.11. The SMILES string of the molecule is NC[CH]C1CCO1. The molecule has 1 heterocycles. The van der Waals surface area contributed by atoms with Gasteiger partial charge in [0, 0.05) is 13.0 Å². The molecule has 2 nitrogen and oxygen atoms in total. The molecule has 1 rings (SSSR count). The third-order valence-corrected chi connectivity index (χ3v) is 1.13. The maximum Gasteiger partial charge on any atom is 0.0641 e. The molecule has 1 atom stereocenters. The molecule has 0 amide bonds. The Bertz CT molecular complexity index is 52.0. The lowest BCUT2D eigenvalue weighted by molar-refractivity contribution is -0.0291. The van der Waals surface area contributed by atoms with E-state index in [-0.39, 0.29) is 0 Å². The normalized spacial score (nSPS) is 29.6. The second kappa shape index (κ2) is 2.28. The molecule has 0 aromatic rings. The molecular weight excluding hydrogens is 90.1 g/mol. The topological polar surface area (TPSA) is 35.2 Å². The van der Waals surface area contributed by atoms with Gasteiger partial charge in [-0.15, -0.1) is 0 Å². The van der Waals surface area contributed by atoms with Crippen LogP contribution in [-0.2, 0) is 4.74 Å². The third kappa shape index (κ3) is 1.14. The van der Waals surface area contributed by atoms with Crippen molar-refractivity contribution in [1.29, 1.82) is 0 Å². The molecule has 0 spiro atoms. The van der Waals surface area contributed by atoms with E-state index in [1.807, 2.05) is 6.42 Å². The highest BCUT2D eigenvalue weighted by molar-refractivity contribution is 4.82. The van der Waals surface area contributed by atoms with E-state index in [0.717, 1.165) is 13.0 Å². The molecular formula is C5H10NO. The standard InChI is InChI=1S/C5H10NO/c6-3-1-5-2-4-7-5/h1,5H,2-4,6H2. The number of hydrogen-bond donors (Lipinski definition) is 1. The van der Waals surface area contributed by atoms with Crippen LogP contribution in [0, 0.1) is 6.42 Å². The van der Waals surface area contributed by atoms with Gasteiger partial charge >= 0.3 is 0 Å². The smallest absolute Gasteiger partial charge is 0.0641 e. The van der Waals surface area contributed by atoms with Crippen molar-refractivity contribution in [1.82, 2.24) is 0 Å². The quantitative estimate of drug-likeness (QED) is 0.527. The summed E-state index contributed by atoms with van der Waals surface area (Å²) in [5, 5.41) is 0. The van der Waals surface area contributed by atoms with Crippen LogP contribution in [0.3, 0.4) is 0 Å². The first-order valence-corrected chi connectivity index (χ1v) is 2.58. The summed E-state index contributed by atoms with van der Waals surface area (Å²) in [7, 11) is 0. The molecule has 0 aromatic carbocycles. The van der Waals surface area contributed by atoms with Crippen molar-refractivity contribution in [2.75, 3.05) is 13.2 Å². The lowest BCUT2D eigenvalue weighted by atomic mass is 10.1. The van der Waals surface area contributed by atoms with Gasteiger partial charge in [0.15, 0.2) is 0 Å². The molecule has 41 valence electrons. The Morgan fingerprint density at radius 2 is 2.57 bits per heavy atom. The van der Waals surface area contributed by atoms with Crippen LogP contribution in [0.2, 0.25) is 0 Å². The summed E-state index contributed by atoms with van der Waals surface area (Å²) >= 11 is 0. The summed E-state index contributed by atoms with van der Waals surface area (Å²) in [6, 6.07) is 0. The average Bonchev–Trinajstić information content (AvgIpc) is 1.55. The minimum absolute atomic E-state index is 0.380. The molecule has 2 N–H and O–H groups in total. The summed E-state index contributed by atoms with van der Waals surface area (Å²) < 4.78 is 5.04. The second-order valence-corrected chi connectivity index (χ2v) is 1.67. The monoisotopic (exact) mass is 100 g/mol. The summed E-state index contributed by atoms with van der Waals surface area (Å²) in [5.74, 6) is 0. The Kier molecular flexibility index (Phi) is 1.65. The van der Waals surface area contributed by atoms with Gasteiger partial charge in [0.2, 0.25) is 0 Å². The van der Waals surface area contributed by atoms with Crippen molar-refractivity contribution in [2.45, 2.75) is 12.5 Å². The van der Waals surface area contributed by atoms with Gasteiger partial charge in [-0.2, -0.15) is 0 Å². The molecule has 1 aliphatic heterocycles. The van der Waals surface area contributed by atoms with E-state index in [2.05, 4.69) is 0 Å². The Morgan fingerprint density at radius 3 is 2.71 bits per heavy atom. The van der Waals surface area contributed by atoms with Gasteiger partial charge in [0.25, 0.3) is 0 Å². The van der Waals surface area contributed by atoms with Crippen molar-refractivity contribution in [3.8, 4) is 0 Å². The fourth-order valence-electron chi connectivity index (χ4n) is 0.592. The zero-order chi connectivity index (χ0) is 5.11. The third-order valence-electron chi connectivity index (χ3n) is 1.13. The van der Waals surface area contributed by atoms with Crippen LogP contribution >= 0.6 is 0 Å². The average molecular weight is 100 g/mol. The molecule has 1 unspecified atom stereocenters. The maximum atomic E-state index is 5.20. The summed E-state index contributed by atoms with van der Waals surface area (Å²) in [4.78, 5) is 0. The summed E-state index contributed by atoms with van der Waals surface area (Å²) in [5.41, 5.74) is 5.20. The predicted octanol–water partition coefficient (Wildman–Crippen LogP) is -0.0617. The Labute approximate surface area is 43.6 Å². The van der Waals surface area contributed by atoms with Crippen LogP contribution in [0.25, 0.3) is 0 Å². The summed E-state index contributed by atoms with van der Waals surface area (Å²) in [6.45, 7) is 1.56. The van der Waals surface area contributed by atoms with Gasteiger partial charge in [0.1, 0.15) is 0 Å². The number of ether oxygens (including phenoxy) is 1. The van der Waals surface area contributed by atoms with Crippen molar-refractivity contribution < 1.29 is 4.74 Å². The molecule has 1 fully saturated rings. The first-order chi connectivity index (χ1) is 3.43. The zero-order valence-electron chi connectivity index (χ0n) is 4.26. The lowest BCUT2D eigenvalue weighted by Gasteiger charge is -2.25. The van der Waals surface area contributed by atoms with Gasteiger partial charge in [-0.25, -0.2) is 0 Å². The van der Waals surface area contributed by atoms with Gasteiger partial charge < -0.3 is 10.5 Å². The van der Waals surface area contributed by atoms with Crippen LogP contribution < -0.4 is 5.73 Å². The minimum atomic E-state index is 0.380. The van der Waals surface area contributed by atoms with Gasteiger partial charge in [-0.1, -0.05) is 0 Å². The van der Waals surface area contributed by atoms with E-state index < -0.39 is 0 Å². The molecule has 1 saturated heterocycles. The van der Waals surface area contributed by atoms with Crippen LogP contribution in [-0.4, -0.2) is 19.3 Å². The minimum Gasteiger partial charge on any atom is -0.378 e. The van der Waals surface area contributed by atoms with Crippen LogP contribution in [0.1, 0.15) is 6.42 Å². The van der Waals surface area contributed by atoms with Crippen molar-refractivity contribution in [3.05, 3.63) is 6.42 Å². The Balaban J connectivity index is 1.93. The molecule has 0 saturated carbocycles. The van der Waals surface area contributed by atoms with Gasteiger partial charge in [-0.05, 0) is 13.0 Å². The van der Waals surface area contributed by atoms with E-state index in [1.165, 1.54) is 0 Å². The second-order valence-electron chi connectivity index (χ2n) is 1.67. The molecule has 7 heavy (non-hydrogen) atoms. The molecule has 1 aliphatic rings. The fraction of sp³-hybridized carbons (Fsp3) is 0.800. The Morgan fingerprint density at radius 1 is 1.86 bits per heavy atom. The zero-order valence-corrected chi connectivity index (χ0v) is 4.26. The van der Waals surface area contributed by atoms with E-state index in [4.69, 9.17) is 10.5 Å². The van der Waals surface area contributed by atoms with E-state index in [1.54, 1.807) is 0 Å². The molecule has 2 heteroatoms. The van der Waals surface area contributed by atoms with E-state index >= 15 is 0 Å². The van der Waals surface area contributed by atoms with E-state index in [0.29, 0.717) is 12.6 Å². The predicted molar refractivity (Wildman–Crippen MR) is 27.7 cm³/mol. The molecule has 1 radical (unpaired) electrons. The van der Waals surface area contributed by atoms with Crippen LogP contribution in [0.15, 0.2) is 0 Å². The number of rotatable bonds is 2. The van der Waals surface area contributed by atoms with E-state index in [9.17, 15) is 0 Å². The Hall–Kier alpha value is -0.0800. The van der Waals surface area contributed by atoms with Gasteiger partial charge in [0.05, 0.1) is 6.10 Å². The maximum absolute atomic E-state index is 5.20. The van der Waals surface area contributed by atoms with Crippen LogP contribution in [0.5, 0.6) is 0 Å². The first-order valence-electron chi connectivity index (χ1n) is 2.58. The van der Waals surface area contributed by atoms with Crippen molar-refractivity contribution >= 4 is 0 Å². The largest absolute Gasteiger partial charge is 0.378 e. The molecule has 0 aromatic heterocycles.